The van der Waals surface area contributed by atoms with Crippen LogP contribution in [0.2, 0.25) is 0 Å². The van der Waals surface area contributed by atoms with Gasteiger partial charge in [0.25, 0.3) is 0 Å². The van der Waals surface area contributed by atoms with E-state index in [1.165, 1.54) is 18.8 Å². The molecule has 1 aliphatic heterocycles. The van der Waals surface area contributed by atoms with Crippen molar-refractivity contribution in [1.82, 2.24) is 9.80 Å². The zero-order valence-corrected chi connectivity index (χ0v) is 10.8. The number of hydrogen-bond acceptors (Lipinski definition) is 2. The van der Waals surface area contributed by atoms with Gasteiger partial charge in [0.05, 0.1) is 0 Å². The largest absolute Gasteiger partial charge is 0.373 e. The molecule has 0 bridgehead atoms. The number of piperazine rings is 1. The van der Waals surface area contributed by atoms with Crippen LogP contribution in [0, 0.1) is 5.92 Å². The maximum atomic E-state index is 4.20. The highest BCUT2D eigenvalue weighted by molar-refractivity contribution is 4.97. The number of nitrogens with zero attached hydrogens (tertiary/aromatic N) is 2. The van der Waals surface area contributed by atoms with Gasteiger partial charge in [0.15, 0.2) is 0 Å². The highest BCUT2D eigenvalue weighted by Crippen LogP contribution is 2.16. The van der Waals surface area contributed by atoms with E-state index >= 15 is 0 Å². The van der Waals surface area contributed by atoms with E-state index in [-0.39, 0.29) is 0 Å². The molecule has 0 amide bonds. The van der Waals surface area contributed by atoms with Crippen LogP contribution in [0.15, 0.2) is 12.3 Å². The molecule has 1 heterocycles. The lowest BCUT2D eigenvalue weighted by Crippen LogP contribution is -2.48. The third kappa shape index (κ3) is 3.86. The molecule has 0 atom stereocenters. The van der Waals surface area contributed by atoms with Crippen LogP contribution in [0.5, 0.6) is 0 Å². The first-order valence-electron chi connectivity index (χ1n) is 6.17. The Balaban J connectivity index is 2.34. The van der Waals surface area contributed by atoms with E-state index < -0.39 is 0 Å². The normalized spacial score (nSPS) is 18.9. The first-order valence-corrected chi connectivity index (χ1v) is 6.17. The summed E-state index contributed by atoms with van der Waals surface area (Å²) < 4.78 is 0. The van der Waals surface area contributed by atoms with Crippen molar-refractivity contribution in [3.05, 3.63) is 12.3 Å². The maximum absolute atomic E-state index is 4.20. The van der Waals surface area contributed by atoms with Crippen LogP contribution in [0.25, 0.3) is 0 Å². The van der Waals surface area contributed by atoms with E-state index in [4.69, 9.17) is 0 Å². The standard InChI is InChI=1S/C13H26N2/c1-11(2)10-13(5)15-8-6-14(7-9-15)12(3)4/h11-12H,5-10H2,1-4H3. The predicted molar refractivity (Wildman–Crippen MR) is 66.9 cm³/mol. The van der Waals surface area contributed by atoms with E-state index in [9.17, 15) is 0 Å². The first-order chi connectivity index (χ1) is 7.00. The second kappa shape index (κ2) is 5.55. The Labute approximate surface area is 94.9 Å². The molecule has 0 N–H and O–H groups in total. The van der Waals surface area contributed by atoms with Crippen molar-refractivity contribution < 1.29 is 0 Å². The molecule has 0 aromatic heterocycles. The second-order valence-electron chi connectivity index (χ2n) is 5.28. The summed E-state index contributed by atoms with van der Waals surface area (Å²) >= 11 is 0. The van der Waals surface area contributed by atoms with Gasteiger partial charge in [-0.25, -0.2) is 0 Å². The minimum Gasteiger partial charge on any atom is -0.373 e. The average Bonchev–Trinajstić information content (AvgIpc) is 2.17. The molecule has 1 aliphatic rings. The highest BCUT2D eigenvalue weighted by atomic mass is 15.3. The third-order valence-corrected chi connectivity index (χ3v) is 3.14. The lowest BCUT2D eigenvalue weighted by Gasteiger charge is -2.39. The summed E-state index contributed by atoms with van der Waals surface area (Å²) in [5, 5.41) is 0. The Bertz CT molecular complexity index is 201. The van der Waals surface area contributed by atoms with E-state index in [2.05, 4.69) is 44.1 Å². The minimum absolute atomic E-state index is 0.686. The lowest BCUT2D eigenvalue weighted by atomic mass is 10.1. The van der Waals surface area contributed by atoms with Crippen LogP contribution in [0.1, 0.15) is 34.1 Å². The molecule has 0 aromatic carbocycles. The fourth-order valence-corrected chi connectivity index (χ4v) is 2.15. The SMILES string of the molecule is C=C(CC(C)C)N1CCN(C(C)C)CC1. The summed E-state index contributed by atoms with van der Waals surface area (Å²) in [7, 11) is 0. The van der Waals surface area contributed by atoms with Crippen LogP contribution in [0.4, 0.5) is 0 Å². The number of hydrogen-bond donors (Lipinski definition) is 0. The summed E-state index contributed by atoms with van der Waals surface area (Å²) in [6.45, 7) is 18.0. The summed E-state index contributed by atoms with van der Waals surface area (Å²) in [5.74, 6) is 0.723. The van der Waals surface area contributed by atoms with Crippen LogP contribution in [-0.2, 0) is 0 Å². The Kier molecular flexibility index (Phi) is 4.65. The van der Waals surface area contributed by atoms with Crippen molar-refractivity contribution in [3.63, 3.8) is 0 Å². The van der Waals surface area contributed by atoms with E-state index in [0.717, 1.165) is 25.4 Å². The van der Waals surface area contributed by atoms with Gasteiger partial charge in [0, 0.05) is 37.9 Å². The summed E-state index contributed by atoms with van der Waals surface area (Å²) in [6.07, 6.45) is 1.14. The molecule has 1 saturated heterocycles. The van der Waals surface area contributed by atoms with Gasteiger partial charge in [0.2, 0.25) is 0 Å². The zero-order valence-electron chi connectivity index (χ0n) is 10.8. The smallest absolute Gasteiger partial charge is 0.0303 e. The molecule has 15 heavy (non-hydrogen) atoms. The molecule has 0 saturated carbocycles. The summed E-state index contributed by atoms with van der Waals surface area (Å²) in [4.78, 5) is 5.00. The van der Waals surface area contributed by atoms with Crippen molar-refractivity contribution in [3.8, 4) is 0 Å². The van der Waals surface area contributed by atoms with Crippen molar-refractivity contribution in [2.45, 2.75) is 40.2 Å². The Morgan fingerprint density at radius 1 is 1.07 bits per heavy atom. The molecule has 0 aliphatic carbocycles. The molecule has 1 rings (SSSR count). The molecule has 0 spiro atoms. The topological polar surface area (TPSA) is 6.48 Å². The molecule has 0 aromatic rings. The Hall–Kier alpha value is -0.500. The third-order valence-electron chi connectivity index (χ3n) is 3.14. The quantitative estimate of drug-likeness (QED) is 0.703. The molecule has 0 unspecified atom stereocenters. The fraction of sp³-hybridized carbons (Fsp3) is 0.846. The number of allylic oxidation sites excluding steroid dienone is 1. The van der Waals surface area contributed by atoms with Gasteiger partial charge in [-0.05, 0) is 26.2 Å². The van der Waals surface area contributed by atoms with Crippen LogP contribution in [0.3, 0.4) is 0 Å². The van der Waals surface area contributed by atoms with Gasteiger partial charge < -0.3 is 4.90 Å². The molecule has 2 nitrogen and oxygen atoms in total. The second-order valence-corrected chi connectivity index (χ2v) is 5.28. The molecule has 2 heteroatoms. The molecule has 1 fully saturated rings. The van der Waals surface area contributed by atoms with Crippen LogP contribution >= 0.6 is 0 Å². The van der Waals surface area contributed by atoms with Crippen molar-refractivity contribution in [1.29, 1.82) is 0 Å². The fourth-order valence-electron chi connectivity index (χ4n) is 2.15. The zero-order chi connectivity index (χ0) is 11.4. The monoisotopic (exact) mass is 210 g/mol. The lowest BCUT2D eigenvalue weighted by molar-refractivity contribution is 0.126. The van der Waals surface area contributed by atoms with Gasteiger partial charge >= 0.3 is 0 Å². The minimum atomic E-state index is 0.686. The first kappa shape index (κ1) is 12.6. The maximum Gasteiger partial charge on any atom is 0.0303 e. The van der Waals surface area contributed by atoms with Gasteiger partial charge in [-0.3, -0.25) is 4.90 Å². The number of rotatable bonds is 4. The van der Waals surface area contributed by atoms with Gasteiger partial charge in [0.1, 0.15) is 0 Å². The average molecular weight is 210 g/mol. The van der Waals surface area contributed by atoms with E-state index in [0.29, 0.717) is 6.04 Å². The van der Waals surface area contributed by atoms with Crippen LogP contribution < -0.4 is 0 Å². The Morgan fingerprint density at radius 2 is 1.60 bits per heavy atom. The summed E-state index contributed by atoms with van der Waals surface area (Å²) in [5.41, 5.74) is 1.33. The van der Waals surface area contributed by atoms with Crippen molar-refractivity contribution in [2.24, 2.45) is 5.92 Å². The molecular weight excluding hydrogens is 184 g/mol. The molecule has 0 radical (unpaired) electrons. The predicted octanol–water partition coefficient (Wildman–Crippen LogP) is 2.57. The van der Waals surface area contributed by atoms with Gasteiger partial charge in [-0.15, -0.1) is 0 Å². The molecule has 88 valence electrons. The van der Waals surface area contributed by atoms with E-state index in [1.54, 1.807) is 0 Å². The van der Waals surface area contributed by atoms with E-state index in [1.807, 2.05) is 0 Å². The van der Waals surface area contributed by atoms with Crippen molar-refractivity contribution in [2.75, 3.05) is 26.2 Å². The Morgan fingerprint density at radius 3 is 2.00 bits per heavy atom. The van der Waals surface area contributed by atoms with Gasteiger partial charge in [-0.2, -0.15) is 0 Å². The highest BCUT2D eigenvalue weighted by Gasteiger charge is 2.19. The molecular formula is C13H26N2. The summed E-state index contributed by atoms with van der Waals surface area (Å²) in [6, 6.07) is 0.686. The van der Waals surface area contributed by atoms with Crippen LogP contribution in [-0.4, -0.2) is 42.0 Å². The van der Waals surface area contributed by atoms with Gasteiger partial charge in [-0.1, -0.05) is 20.4 Å². The van der Waals surface area contributed by atoms with Crippen molar-refractivity contribution >= 4 is 0 Å².